The van der Waals surface area contributed by atoms with Crippen LogP contribution in [0, 0.1) is 0 Å². The Hall–Kier alpha value is -4.12. The smallest absolute Gasteiger partial charge is 0.359 e. The van der Waals surface area contributed by atoms with Gasteiger partial charge < -0.3 is 25.6 Å². The number of carbonyl (C=O) groups excluding carboxylic acids is 3. The number of anilines is 3. The van der Waals surface area contributed by atoms with Crippen molar-refractivity contribution < 1.29 is 19.1 Å². The summed E-state index contributed by atoms with van der Waals surface area (Å²) in [5.74, 6) is 0.428. The molecule has 0 radical (unpaired) electrons. The first-order chi connectivity index (χ1) is 16.8. The molecule has 11 heteroatoms. The van der Waals surface area contributed by atoms with Gasteiger partial charge in [-0.2, -0.15) is 0 Å². The van der Waals surface area contributed by atoms with Crippen molar-refractivity contribution in [3.63, 3.8) is 0 Å². The zero-order chi connectivity index (χ0) is 25.4. The summed E-state index contributed by atoms with van der Waals surface area (Å²) in [7, 11) is 1.88. The number of benzene rings is 1. The van der Waals surface area contributed by atoms with E-state index in [-0.39, 0.29) is 6.03 Å². The highest BCUT2D eigenvalue weighted by atomic mass is 16.6. The predicted molar refractivity (Wildman–Crippen MR) is 135 cm³/mol. The molecular weight excluding hydrogens is 450 g/mol. The molecule has 4 N–H and O–H groups in total. The normalized spacial score (nSPS) is 10.9. The van der Waals surface area contributed by atoms with Crippen molar-refractivity contribution in [3.8, 4) is 0 Å². The summed E-state index contributed by atoms with van der Waals surface area (Å²) in [5.41, 5.74) is 7.15. The van der Waals surface area contributed by atoms with Crippen molar-refractivity contribution >= 4 is 46.3 Å². The Labute approximate surface area is 203 Å². The topological polar surface area (TPSA) is 135 Å². The van der Waals surface area contributed by atoms with E-state index in [0.29, 0.717) is 17.9 Å². The van der Waals surface area contributed by atoms with E-state index >= 15 is 0 Å². The average Bonchev–Trinajstić information content (AvgIpc) is 3.27. The molecule has 0 unspecified atom stereocenters. The first-order valence-electron chi connectivity index (χ1n) is 11.4. The summed E-state index contributed by atoms with van der Waals surface area (Å²) in [6.45, 7) is 7.74. The lowest BCUT2D eigenvalue weighted by molar-refractivity contribution is 0.159. The third-order valence-corrected chi connectivity index (χ3v) is 5.65. The Morgan fingerprint density at radius 3 is 2.54 bits per heavy atom. The number of primary amides is 1. The van der Waals surface area contributed by atoms with Gasteiger partial charge in [0, 0.05) is 48.8 Å². The van der Waals surface area contributed by atoms with Crippen LogP contribution in [0.15, 0.2) is 48.8 Å². The minimum atomic E-state index is -1.16. The number of hydrogen-bond donors (Lipinski definition) is 3. The Kier molecular flexibility index (Phi) is 8.63. The molecule has 0 saturated heterocycles. The number of nitrogens with two attached hydrogens (primary N) is 1. The molecule has 0 saturated carbocycles. The lowest BCUT2D eigenvalue weighted by Gasteiger charge is -2.20. The van der Waals surface area contributed by atoms with Crippen LogP contribution in [-0.4, -0.2) is 65.9 Å². The molecule has 3 aromatic rings. The van der Waals surface area contributed by atoms with Crippen LogP contribution in [0.4, 0.5) is 31.6 Å². The van der Waals surface area contributed by atoms with Gasteiger partial charge in [0.2, 0.25) is 0 Å². The molecule has 0 aliphatic heterocycles. The van der Waals surface area contributed by atoms with E-state index in [4.69, 9.17) is 5.73 Å². The van der Waals surface area contributed by atoms with Crippen molar-refractivity contribution in [1.82, 2.24) is 19.8 Å². The molecule has 2 heterocycles. The van der Waals surface area contributed by atoms with Crippen LogP contribution in [0.5, 0.6) is 0 Å². The number of aromatic nitrogens is 2. The third-order valence-electron chi connectivity index (χ3n) is 5.65. The maximum absolute atomic E-state index is 12.3. The second kappa shape index (κ2) is 11.8. The van der Waals surface area contributed by atoms with Gasteiger partial charge in [0.1, 0.15) is 5.82 Å². The molecule has 0 spiro atoms. The second-order valence-electron chi connectivity index (χ2n) is 7.84. The quantitative estimate of drug-likeness (QED) is 0.313. The van der Waals surface area contributed by atoms with Crippen molar-refractivity contribution in [1.29, 1.82) is 0 Å². The lowest BCUT2D eigenvalue weighted by atomic mass is 10.2. The van der Waals surface area contributed by atoms with Gasteiger partial charge in [-0.1, -0.05) is 13.8 Å². The zero-order valence-corrected chi connectivity index (χ0v) is 20.2. The number of hydrogen-bond acceptors (Lipinski definition) is 7. The summed E-state index contributed by atoms with van der Waals surface area (Å²) >= 11 is 0. The van der Waals surface area contributed by atoms with E-state index in [1.165, 1.54) is 10.8 Å². The van der Waals surface area contributed by atoms with E-state index < -0.39 is 12.2 Å². The summed E-state index contributed by atoms with van der Waals surface area (Å²) in [6.07, 6.45) is 1.97. The number of pyridine rings is 1. The molecule has 0 fully saturated rings. The Bertz CT molecular complexity index is 1190. The molecular formula is C24H31N7O4. The highest BCUT2D eigenvalue weighted by molar-refractivity contribution is 5.94. The summed E-state index contributed by atoms with van der Waals surface area (Å²) in [6, 6.07) is 10.5. The molecule has 1 aromatic carbocycles. The van der Waals surface area contributed by atoms with Crippen molar-refractivity contribution in [3.05, 3.63) is 48.8 Å². The van der Waals surface area contributed by atoms with Crippen LogP contribution in [0.3, 0.4) is 0 Å². The highest BCUT2D eigenvalue weighted by Gasteiger charge is 2.14. The van der Waals surface area contributed by atoms with Crippen molar-refractivity contribution in [2.75, 3.05) is 43.4 Å². The fraction of sp³-hybridized carbons (Fsp3) is 0.333. The number of amides is 3. The lowest BCUT2D eigenvalue weighted by Crippen LogP contribution is -2.32. The molecule has 3 rings (SSSR count). The standard InChI is InChI=1S/C24H31N7O4/c1-4-30(5-2)13-6-11-27-23(33)28-21-16-19(9-12-26-21)29(3)18-7-8-20-17(15-18)10-14-31(20)24(34)35-22(25)32/h7-10,12,14-16H,4-6,11,13H2,1-3H3,(H2,25,32)(H2,26,27,28,33). The van der Waals surface area contributed by atoms with Gasteiger partial charge in [-0.3, -0.25) is 9.88 Å². The summed E-state index contributed by atoms with van der Waals surface area (Å²) < 4.78 is 5.66. The largest absolute Gasteiger partial charge is 0.427 e. The maximum Gasteiger partial charge on any atom is 0.427 e. The minimum Gasteiger partial charge on any atom is -0.359 e. The average molecular weight is 482 g/mol. The van der Waals surface area contributed by atoms with Gasteiger partial charge in [-0.05, 0) is 56.4 Å². The number of ether oxygens (including phenoxy) is 1. The van der Waals surface area contributed by atoms with Gasteiger partial charge >= 0.3 is 18.2 Å². The van der Waals surface area contributed by atoms with Crippen LogP contribution in [0.2, 0.25) is 0 Å². The molecule has 186 valence electrons. The molecule has 35 heavy (non-hydrogen) atoms. The Morgan fingerprint density at radius 1 is 1.09 bits per heavy atom. The third kappa shape index (κ3) is 6.70. The number of carbonyl (C=O) groups is 3. The fourth-order valence-corrected chi connectivity index (χ4v) is 3.68. The van der Waals surface area contributed by atoms with E-state index in [1.807, 2.05) is 30.1 Å². The first kappa shape index (κ1) is 25.5. The Morgan fingerprint density at radius 2 is 1.83 bits per heavy atom. The molecule has 0 bridgehead atoms. The minimum absolute atomic E-state index is 0.303. The maximum atomic E-state index is 12.3. The van der Waals surface area contributed by atoms with Gasteiger partial charge in [-0.15, -0.1) is 0 Å². The first-order valence-corrected chi connectivity index (χ1v) is 11.4. The fourth-order valence-electron chi connectivity index (χ4n) is 3.68. The van der Waals surface area contributed by atoms with Gasteiger partial charge in [-0.25, -0.2) is 19.4 Å². The summed E-state index contributed by atoms with van der Waals surface area (Å²) in [4.78, 5) is 43.6. The number of urea groups is 1. The molecule has 3 amide bonds. The number of nitrogens with one attached hydrogen (secondary N) is 2. The number of fused-ring (bicyclic) bond motifs is 1. The predicted octanol–water partition coefficient (Wildman–Crippen LogP) is 3.72. The number of rotatable bonds is 9. The van der Waals surface area contributed by atoms with Crippen LogP contribution in [-0.2, 0) is 4.74 Å². The van der Waals surface area contributed by atoms with E-state index in [2.05, 4.69) is 39.1 Å². The van der Waals surface area contributed by atoms with Crippen LogP contribution >= 0.6 is 0 Å². The zero-order valence-electron chi connectivity index (χ0n) is 20.2. The van der Waals surface area contributed by atoms with Crippen LogP contribution in [0.1, 0.15) is 20.3 Å². The van der Waals surface area contributed by atoms with E-state index in [9.17, 15) is 14.4 Å². The monoisotopic (exact) mass is 481 g/mol. The molecule has 0 atom stereocenters. The second-order valence-corrected chi connectivity index (χ2v) is 7.84. The van der Waals surface area contributed by atoms with E-state index in [0.717, 1.165) is 42.8 Å². The Balaban J connectivity index is 1.64. The van der Waals surface area contributed by atoms with Crippen LogP contribution < -0.4 is 21.3 Å². The molecule has 11 nitrogen and oxygen atoms in total. The molecule has 2 aromatic heterocycles. The SMILES string of the molecule is CCN(CC)CCCNC(=O)Nc1cc(N(C)c2ccc3c(ccn3C(=O)OC(N)=O)c2)ccn1. The highest BCUT2D eigenvalue weighted by Crippen LogP contribution is 2.28. The van der Waals surface area contributed by atoms with Gasteiger partial charge in [0.25, 0.3) is 0 Å². The van der Waals surface area contributed by atoms with E-state index in [1.54, 1.807) is 24.4 Å². The van der Waals surface area contributed by atoms with Gasteiger partial charge in [0.05, 0.1) is 5.52 Å². The van der Waals surface area contributed by atoms with Crippen LogP contribution in [0.25, 0.3) is 10.9 Å². The number of nitrogens with zero attached hydrogens (tertiary/aromatic N) is 4. The van der Waals surface area contributed by atoms with Gasteiger partial charge in [0.15, 0.2) is 0 Å². The molecule has 0 aliphatic rings. The van der Waals surface area contributed by atoms with Crippen molar-refractivity contribution in [2.24, 2.45) is 5.73 Å². The summed E-state index contributed by atoms with van der Waals surface area (Å²) in [5, 5.41) is 6.40. The van der Waals surface area contributed by atoms with Crippen molar-refractivity contribution in [2.45, 2.75) is 20.3 Å². The molecule has 0 aliphatic carbocycles.